The highest BCUT2D eigenvalue weighted by Crippen LogP contribution is 2.22. The lowest BCUT2D eigenvalue weighted by Gasteiger charge is -2.26. The van der Waals surface area contributed by atoms with Gasteiger partial charge in [-0.2, -0.15) is 0 Å². The van der Waals surface area contributed by atoms with Crippen LogP contribution in [-0.4, -0.2) is 47.3 Å². The van der Waals surface area contributed by atoms with Crippen molar-refractivity contribution in [3.63, 3.8) is 0 Å². The van der Waals surface area contributed by atoms with Crippen LogP contribution < -0.4 is 5.73 Å². The van der Waals surface area contributed by atoms with Gasteiger partial charge in [-0.25, -0.2) is 13.8 Å². The van der Waals surface area contributed by atoms with Gasteiger partial charge >= 0.3 is 0 Å². The molecule has 7 heteroatoms. The number of ether oxygens (including phenoxy) is 1. The molecule has 108 valence electrons. The third-order valence-electron chi connectivity index (χ3n) is 3.55. The molecule has 0 aliphatic carbocycles. The number of hydrogen-bond acceptors (Lipinski definition) is 4. The fourth-order valence-corrected chi connectivity index (χ4v) is 2.47. The molecule has 1 aromatic heterocycles. The highest BCUT2D eigenvalue weighted by Gasteiger charge is 2.15. The molecule has 0 saturated carbocycles. The Hall–Kier alpha value is -1.73. The first kappa shape index (κ1) is 13.3. The van der Waals surface area contributed by atoms with Gasteiger partial charge in [0.1, 0.15) is 11.3 Å². The zero-order valence-corrected chi connectivity index (χ0v) is 11.0. The Morgan fingerprint density at radius 3 is 2.70 bits per heavy atom. The maximum atomic E-state index is 13.6. The summed E-state index contributed by atoms with van der Waals surface area (Å²) in [6.45, 7) is 4.43. The highest BCUT2D eigenvalue weighted by atomic mass is 19.1. The van der Waals surface area contributed by atoms with E-state index in [1.165, 1.54) is 6.07 Å². The monoisotopic (exact) mass is 282 g/mol. The lowest BCUT2D eigenvalue weighted by Crippen LogP contribution is -2.38. The number of aromatic nitrogens is 2. The molecule has 1 saturated heterocycles. The van der Waals surface area contributed by atoms with Crippen molar-refractivity contribution in [1.82, 2.24) is 14.5 Å². The zero-order chi connectivity index (χ0) is 14.1. The fraction of sp³-hybridized carbons (Fsp3) is 0.462. The van der Waals surface area contributed by atoms with E-state index >= 15 is 0 Å². The quantitative estimate of drug-likeness (QED) is 0.920. The molecule has 1 aromatic carbocycles. The van der Waals surface area contributed by atoms with Gasteiger partial charge in [0.2, 0.25) is 5.95 Å². The first-order valence-electron chi connectivity index (χ1n) is 6.56. The number of rotatable bonds is 3. The Bertz CT molecular complexity index is 622. The van der Waals surface area contributed by atoms with E-state index in [9.17, 15) is 8.78 Å². The predicted molar refractivity (Wildman–Crippen MR) is 71.3 cm³/mol. The molecule has 3 rings (SSSR count). The lowest BCUT2D eigenvalue weighted by atomic mass is 10.3. The molecule has 0 amide bonds. The standard InChI is InChI=1S/C13H16F2N4O/c14-9-7-10(15)12-11(8-9)19(13(16)17-12)2-1-18-3-5-20-6-4-18/h7-8H,1-6H2,(H2,16,17). The number of hydrogen-bond donors (Lipinski definition) is 1. The second kappa shape index (κ2) is 5.34. The van der Waals surface area contributed by atoms with E-state index in [4.69, 9.17) is 10.5 Å². The Kier molecular flexibility index (Phi) is 3.54. The van der Waals surface area contributed by atoms with Crippen LogP contribution >= 0.6 is 0 Å². The molecule has 1 aliphatic heterocycles. The van der Waals surface area contributed by atoms with Gasteiger partial charge in [-0.1, -0.05) is 0 Å². The van der Waals surface area contributed by atoms with Crippen molar-refractivity contribution in [3.05, 3.63) is 23.8 Å². The molecule has 2 N–H and O–H groups in total. The first-order valence-corrected chi connectivity index (χ1v) is 6.56. The summed E-state index contributed by atoms with van der Waals surface area (Å²) < 4.78 is 33.9. The average Bonchev–Trinajstić information content (AvgIpc) is 2.74. The van der Waals surface area contributed by atoms with Crippen LogP contribution in [0, 0.1) is 11.6 Å². The second-order valence-electron chi connectivity index (χ2n) is 4.83. The molecule has 2 heterocycles. The Morgan fingerprint density at radius 1 is 1.20 bits per heavy atom. The van der Waals surface area contributed by atoms with Crippen LogP contribution in [0.3, 0.4) is 0 Å². The number of nitrogen functional groups attached to an aromatic ring is 1. The third kappa shape index (κ3) is 2.46. The predicted octanol–water partition coefficient (Wildman–Crippen LogP) is 1.23. The van der Waals surface area contributed by atoms with Crippen molar-refractivity contribution in [3.8, 4) is 0 Å². The SMILES string of the molecule is Nc1nc2c(F)cc(F)cc2n1CCN1CCOCC1. The number of nitrogens with two attached hydrogens (primary N) is 1. The van der Waals surface area contributed by atoms with Crippen LogP contribution in [0.15, 0.2) is 12.1 Å². The summed E-state index contributed by atoms with van der Waals surface area (Å²) in [5.74, 6) is -1.10. The van der Waals surface area contributed by atoms with Crippen molar-refractivity contribution < 1.29 is 13.5 Å². The van der Waals surface area contributed by atoms with Crippen LogP contribution in [-0.2, 0) is 11.3 Å². The molecule has 20 heavy (non-hydrogen) atoms. The van der Waals surface area contributed by atoms with Gasteiger partial charge in [-0.3, -0.25) is 4.90 Å². The Labute approximate surface area is 114 Å². The van der Waals surface area contributed by atoms with E-state index in [0.717, 1.165) is 25.7 Å². The van der Waals surface area contributed by atoms with E-state index in [0.29, 0.717) is 25.3 Å². The summed E-state index contributed by atoms with van der Waals surface area (Å²) in [6, 6.07) is 2.09. The molecule has 5 nitrogen and oxygen atoms in total. The van der Waals surface area contributed by atoms with E-state index in [-0.39, 0.29) is 11.5 Å². The first-order chi connectivity index (χ1) is 9.65. The normalized spacial score (nSPS) is 16.9. The molecule has 0 unspecified atom stereocenters. The Balaban J connectivity index is 1.85. The largest absolute Gasteiger partial charge is 0.379 e. The smallest absolute Gasteiger partial charge is 0.201 e. The van der Waals surface area contributed by atoms with Gasteiger partial charge in [0.05, 0.1) is 18.7 Å². The highest BCUT2D eigenvalue weighted by molar-refractivity contribution is 5.79. The van der Waals surface area contributed by atoms with E-state index in [1.807, 2.05) is 0 Å². The van der Waals surface area contributed by atoms with Crippen LogP contribution in [0.25, 0.3) is 11.0 Å². The van der Waals surface area contributed by atoms with Gasteiger partial charge in [0.15, 0.2) is 5.82 Å². The van der Waals surface area contributed by atoms with Gasteiger partial charge in [-0.15, -0.1) is 0 Å². The third-order valence-corrected chi connectivity index (χ3v) is 3.55. The van der Waals surface area contributed by atoms with Crippen molar-refractivity contribution in [1.29, 1.82) is 0 Å². The molecule has 0 spiro atoms. The van der Waals surface area contributed by atoms with Gasteiger partial charge in [0.25, 0.3) is 0 Å². The molecule has 2 aromatic rings. The average molecular weight is 282 g/mol. The van der Waals surface area contributed by atoms with E-state index in [2.05, 4.69) is 9.88 Å². The number of halogens is 2. The van der Waals surface area contributed by atoms with Crippen molar-refractivity contribution in [2.45, 2.75) is 6.54 Å². The molecule has 1 fully saturated rings. The molecule has 0 radical (unpaired) electrons. The maximum absolute atomic E-state index is 13.6. The number of imidazole rings is 1. The number of anilines is 1. The molecular weight excluding hydrogens is 266 g/mol. The van der Waals surface area contributed by atoms with Crippen LogP contribution in [0.1, 0.15) is 0 Å². The summed E-state index contributed by atoms with van der Waals surface area (Å²) in [7, 11) is 0. The molecular formula is C13H16F2N4O. The topological polar surface area (TPSA) is 56.3 Å². The minimum Gasteiger partial charge on any atom is -0.379 e. The van der Waals surface area contributed by atoms with Gasteiger partial charge < -0.3 is 15.0 Å². The van der Waals surface area contributed by atoms with Gasteiger partial charge in [-0.05, 0) is 0 Å². The van der Waals surface area contributed by atoms with Gasteiger partial charge in [0, 0.05) is 38.3 Å². The number of morpholine rings is 1. The summed E-state index contributed by atoms with van der Waals surface area (Å²) in [5, 5.41) is 0. The second-order valence-corrected chi connectivity index (χ2v) is 4.83. The zero-order valence-electron chi connectivity index (χ0n) is 11.0. The lowest BCUT2D eigenvalue weighted by molar-refractivity contribution is 0.0366. The van der Waals surface area contributed by atoms with Crippen molar-refractivity contribution in [2.75, 3.05) is 38.6 Å². The minimum atomic E-state index is -0.683. The minimum absolute atomic E-state index is 0.117. The van der Waals surface area contributed by atoms with Crippen molar-refractivity contribution >= 4 is 17.0 Å². The summed E-state index contributed by atoms with van der Waals surface area (Å²) in [6.07, 6.45) is 0. The van der Waals surface area contributed by atoms with Crippen LogP contribution in [0.2, 0.25) is 0 Å². The van der Waals surface area contributed by atoms with Crippen LogP contribution in [0.4, 0.5) is 14.7 Å². The number of nitrogens with zero attached hydrogens (tertiary/aromatic N) is 3. The molecule has 1 aliphatic rings. The fourth-order valence-electron chi connectivity index (χ4n) is 2.47. The summed E-state index contributed by atoms with van der Waals surface area (Å²) >= 11 is 0. The molecule has 0 atom stereocenters. The maximum Gasteiger partial charge on any atom is 0.201 e. The summed E-state index contributed by atoms with van der Waals surface area (Å²) in [4.78, 5) is 6.20. The van der Waals surface area contributed by atoms with E-state index < -0.39 is 11.6 Å². The van der Waals surface area contributed by atoms with Crippen molar-refractivity contribution in [2.24, 2.45) is 0 Å². The van der Waals surface area contributed by atoms with Crippen LogP contribution in [0.5, 0.6) is 0 Å². The number of fused-ring (bicyclic) bond motifs is 1. The number of benzene rings is 1. The Morgan fingerprint density at radius 2 is 1.95 bits per heavy atom. The van der Waals surface area contributed by atoms with E-state index in [1.54, 1.807) is 4.57 Å². The summed E-state index contributed by atoms with van der Waals surface area (Å²) in [5.41, 5.74) is 6.32. The molecule has 0 bridgehead atoms.